The summed E-state index contributed by atoms with van der Waals surface area (Å²) in [5, 5.41) is 0. The van der Waals surface area contributed by atoms with E-state index in [0.717, 1.165) is 11.3 Å². The van der Waals surface area contributed by atoms with Crippen molar-refractivity contribution in [2.75, 3.05) is 0 Å². The normalized spacial score (nSPS) is 10.1. The van der Waals surface area contributed by atoms with E-state index in [9.17, 15) is 0 Å². The molecule has 0 aliphatic rings. The third-order valence-electron chi connectivity index (χ3n) is 1.78. The van der Waals surface area contributed by atoms with Crippen molar-refractivity contribution in [3.05, 3.63) is 52.0 Å². The Morgan fingerprint density at radius 2 is 2.21 bits per heavy atom. The molecule has 3 heteroatoms. The molecule has 72 valence electrons. The first-order valence-corrected chi connectivity index (χ1v) is 5.32. The van der Waals surface area contributed by atoms with Gasteiger partial charge < -0.3 is 9.15 Å². The monoisotopic (exact) mass is 300 g/mol. The Balaban J connectivity index is 1.98. The highest BCUT2D eigenvalue weighted by atomic mass is 127. The molecule has 1 aromatic carbocycles. The molecule has 0 spiro atoms. The lowest BCUT2D eigenvalue weighted by Gasteiger charge is -2.03. The minimum atomic E-state index is 0.552. The third kappa shape index (κ3) is 2.51. The number of furan rings is 1. The van der Waals surface area contributed by atoms with E-state index in [1.54, 1.807) is 12.5 Å². The fraction of sp³-hybridized carbons (Fsp3) is 0.0909. The molecule has 1 heterocycles. The predicted octanol–water partition coefficient (Wildman–Crippen LogP) is 3.46. The first-order chi connectivity index (χ1) is 6.84. The van der Waals surface area contributed by atoms with Crippen LogP contribution in [-0.2, 0) is 6.61 Å². The van der Waals surface area contributed by atoms with Crippen molar-refractivity contribution in [1.82, 2.24) is 0 Å². The van der Waals surface area contributed by atoms with Crippen LogP contribution in [-0.4, -0.2) is 0 Å². The summed E-state index contributed by atoms with van der Waals surface area (Å²) in [6.45, 7) is 0.552. The first-order valence-electron chi connectivity index (χ1n) is 4.24. The quantitative estimate of drug-likeness (QED) is 0.810. The summed E-state index contributed by atoms with van der Waals surface area (Å²) in [6.07, 6.45) is 3.33. The SMILES string of the molecule is Ic1cccc(OCc2ccoc2)c1. The van der Waals surface area contributed by atoms with Crippen LogP contribution in [0.15, 0.2) is 47.3 Å². The summed E-state index contributed by atoms with van der Waals surface area (Å²) < 4.78 is 11.7. The molecule has 0 atom stereocenters. The molecule has 0 unspecified atom stereocenters. The molecule has 0 saturated carbocycles. The van der Waals surface area contributed by atoms with Gasteiger partial charge in [-0.2, -0.15) is 0 Å². The molecule has 0 saturated heterocycles. The van der Waals surface area contributed by atoms with Crippen LogP contribution in [0.2, 0.25) is 0 Å². The Hall–Kier alpha value is -0.970. The Kier molecular flexibility index (Phi) is 3.08. The Morgan fingerprint density at radius 1 is 1.29 bits per heavy atom. The lowest BCUT2D eigenvalue weighted by Crippen LogP contribution is -1.93. The second kappa shape index (κ2) is 4.50. The van der Waals surface area contributed by atoms with Crippen LogP contribution in [0.25, 0.3) is 0 Å². The van der Waals surface area contributed by atoms with Crippen LogP contribution in [0.5, 0.6) is 5.75 Å². The molecule has 2 rings (SSSR count). The predicted molar refractivity (Wildman–Crippen MR) is 62.2 cm³/mol. The molecule has 0 radical (unpaired) electrons. The minimum absolute atomic E-state index is 0.552. The van der Waals surface area contributed by atoms with Crippen molar-refractivity contribution in [2.24, 2.45) is 0 Å². The van der Waals surface area contributed by atoms with Gasteiger partial charge in [0.15, 0.2) is 0 Å². The van der Waals surface area contributed by atoms with Gasteiger partial charge >= 0.3 is 0 Å². The van der Waals surface area contributed by atoms with Crippen LogP contribution in [0.1, 0.15) is 5.56 Å². The second-order valence-corrected chi connectivity index (χ2v) is 4.12. The highest BCUT2D eigenvalue weighted by Crippen LogP contribution is 2.16. The summed E-state index contributed by atoms with van der Waals surface area (Å²) in [4.78, 5) is 0. The Morgan fingerprint density at radius 3 is 2.93 bits per heavy atom. The van der Waals surface area contributed by atoms with E-state index in [2.05, 4.69) is 22.6 Å². The molecule has 0 aliphatic heterocycles. The van der Waals surface area contributed by atoms with E-state index in [-0.39, 0.29) is 0 Å². The van der Waals surface area contributed by atoms with E-state index in [1.807, 2.05) is 30.3 Å². The van der Waals surface area contributed by atoms with Crippen LogP contribution in [0.3, 0.4) is 0 Å². The van der Waals surface area contributed by atoms with E-state index in [1.165, 1.54) is 3.57 Å². The summed E-state index contributed by atoms with van der Waals surface area (Å²) in [6, 6.07) is 9.86. The van der Waals surface area contributed by atoms with Crippen LogP contribution in [0.4, 0.5) is 0 Å². The fourth-order valence-corrected chi connectivity index (χ4v) is 1.61. The summed E-state index contributed by atoms with van der Waals surface area (Å²) in [5.41, 5.74) is 1.05. The molecule has 0 amide bonds. The fourth-order valence-electron chi connectivity index (χ4n) is 1.10. The zero-order chi connectivity index (χ0) is 9.80. The third-order valence-corrected chi connectivity index (χ3v) is 2.45. The molecular weight excluding hydrogens is 291 g/mol. The summed E-state index contributed by atoms with van der Waals surface area (Å²) in [5.74, 6) is 0.887. The van der Waals surface area contributed by atoms with Gasteiger partial charge in [-0.15, -0.1) is 0 Å². The van der Waals surface area contributed by atoms with Crippen molar-refractivity contribution < 1.29 is 9.15 Å². The number of ether oxygens (including phenoxy) is 1. The van der Waals surface area contributed by atoms with Crippen molar-refractivity contribution in [3.8, 4) is 5.75 Å². The number of hydrogen-bond donors (Lipinski definition) is 0. The first kappa shape index (κ1) is 9.58. The average Bonchev–Trinajstić information content (AvgIpc) is 2.67. The standard InChI is InChI=1S/C11H9IO2/c12-10-2-1-3-11(6-10)14-8-9-4-5-13-7-9/h1-7H,8H2. The van der Waals surface area contributed by atoms with Gasteiger partial charge in [0.05, 0.1) is 12.5 Å². The molecule has 0 bridgehead atoms. The lowest BCUT2D eigenvalue weighted by atomic mass is 10.3. The van der Waals surface area contributed by atoms with Crippen LogP contribution in [0, 0.1) is 3.57 Å². The molecular formula is C11H9IO2. The number of rotatable bonds is 3. The maximum absolute atomic E-state index is 5.57. The molecule has 1 aromatic heterocycles. The summed E-state index contributed by atoms with van der Waals surface area (Å²) in [7, 11) is 0. The van der Waals surface area contributed by atoms with Gasteiger partial charge in [-0.3, -0.25) is 0 Å². The smallest absolute Gasteiger partial charge is 0.120 e. The second-order valence-electron chi connectivity index (χ2n) is 2.88. The van der Waals surface area contributed by atoms with Gasteiger partial charge in [-0.1, -0.05) is 6.07 Å². The van der Waals surface area contributed by atoms with E-state index in [0.29, 0.717) is 6.61 Å². The Labute approximate surface area is 96.0 Å². The Bertz CT molecular complexity index is 395. The molecule has 14 heavy (non-hydrogen) atoms. The van der Waals surface area contributed by atoms with Gasteiger partial charge in [0.1, 0.15) is 12.4 Å². The maximum atomic E-state index is 5.57. The highest BCUT2D eigenvalue weighted by Gasteiger charge is 1.97. The van der Waals surface area contributed by atoms with Gasteiger partial charge in [0, 0.05) is 9.13 Å². The van der Waals surface area contributed by atoms with Gasteiger partial charge in [0.25, 0.3) is 0 Å². The zero-order valence-corrected chi connectivity index (χ0v) is 9.60. The van der Waals surface area contributed by atoms with Crippen molar-refractivity contribution in [3.63, 3.8) is 0 Å². The van der Waals surface area contributed by atoms with Crippen molar-refractivity contribution in [1.29, 1.82) is 0 Å². The van der Waals surface area contributed by atoms with Gasteiger partial charge in [-0.05, 0) is 46.9 Å². The summed E-state index contributed by atoms with van der Waals surface area (Å²) >= 11 is 2.26. The number of hydrogen-bond acceptors (Lipinski definition) is 2. The van der Waals surface area contributed by atoms with Crippen molar-refractivity contribution in [2.45, 2.75) is 6.61 Å². The number of benzene rings is 1. The van der Waals surface area contributed by atoms with Crippen LogP contribution < -0.4 is 4.74 Å². The van der Waals surface area contributed by atoms with E-state index < -0.39 is 0 Å². The zero-order valence-electron chi connectivity index (χ0n) is 7.44. The maximum Gasteiger partial charge on any atom is 0.120 e. The molecule has 2 nitrogen and oxygen atoms in total. The topological polar surface area (TPSA) is 22.4 Å². The van der Waals surface area contributed by atoms with E-state index >= 15 is 0 Å². The van der Waals surface area contributed by atoms with Crippen molar-refractivity contribution >= 4 is 22.6 Å². The van der Waals surface area contributed by atoms with Crippen LogP contribution >= 0.6 is 22.6 Å². The van der Waals surface area contributed by atoms with Gasteiger partial charge in [-0.25, -0.2) is 0 Å². The minimum Gasteiger partial charge on any atom is -0.489 e. The molecule has 2 aromatic rings. The number of halogens is 1. The molecule has 0 aliphatic carbocycles. The highest BCUT2D eigenvalue weighted by molar-refractivity contribution is 14.1. The van der Waals surface area contributed by atoms with E-state index in [4.69, 9.17) is 9.15 Å². The average molecular weight is 300 g/mol. The lowest BCUT2D eigenvalue weighted by molar-refractivity contribution is 0.304. The molecule has 0 fully saturated rings. The van der Waals surface area contributed by atoms with Gasteiger partial charge in [0.2, 0.25) is 0 Å². The molecule has 0 N–H and O–H groups in total. The largest absolute Gasteiger partial charge is 0.489 e.